The molecule has 6 nitrogen and oxygen atoms in total. The minimum absolute atomic E-state index is 0.0272. The van der Waals surface area contributed by atoms with Crippen molar-refractivity contribution < 1.29 is 44.2 Å². The molecule has 1 unspecified atom stereocenters. The Morgan fingerprint density at radius 3 is 2.00 bits per heavy atom. The van der Waals surface area contributed by atoms with Crippen LogP contribution in [-0.4, -0.2) is 28.6 Å². The van der Waals surface area contributed by atoms with Crippen molar-refractivity contribution in [2.24, 2.45) is 5.18 Å². The molecule has 3 rings (SSSR count). The van der Waals surface area contributed by atoms with Gasteiger partial charge >= 0.3 is 23.9 Å². The Morgan fingerprint density at radius 2 is 1.53 bits per heavy atom. The first-order valence-electron chi connectivity index (χ1n) is 9.04. The van der Waals surface area contributed by atoms with Crippen molar-refractivity contribution >= 4 is 28.9 Å². The fourth-order valence-electron chi connectivity index (χ4n) is 3.12. The number of nitriles is 1. The molecule has 0 aliphatic carbocycles. The first-order valence-corrected chi connectivity index (χ1v) is 9.80. The maximum Gasteiger partial charge on any atom is 0.457 e. The zero-order valence-electron chi connectivity index (χ0n) is 16.8. The second kappa shape index (κ2) is 8.93. The Labute approximate surface area is 203 Å². The van der Waals surface area contributed by atoms with Gasteiger partial charge in [-0.25, -0.2) is 4.39 Å². The summed E-state index contributed by atoms with van der Waals surface area (Å²) >= 11 is 11.7. The molecule has 1 atom stereocenters. The van der Waals surface area contributed by atoms with Crippen molar-refractivity contribution in [2.45, 2.75) is 23.9 Å². The Balaban J connectivity index is 2.14. The Bertz CT molecular complexity index is 1360. The minimum Gasteiger partial charge on any atom is -0.221 e. The molecular formula is C19H7Cl2F9N5O+. The van der Waals surface area contributed by atoms with Crippen LogP contribution >= 0.6 is 23.2 Å². The maximum atomic E-state index is 14.8. The Morgan fingerprint density at radius 1 is 0.944 bits per heavy atom. The number of nitroso groups, excluding NO2 is 1. The van der Waals surface area contributed by atoms with Crippen LogP contribution in [0.3, 0.4) is 0 Å². The number of hydrogen-bond acceptors (Lipinski definition) is 4. The second-order valence-electron chi connectivity index (χ2n) is 7.05. The molecule has 0 bridgehead atoms. The standard InChI is InChI=1S/C19H6Cl2F9N5O/c20-11-4-10(16(22,18(25,26)27)17(23,24)19(28,29)30)5-12(21)15(11)35-7-14(32-34-35)8-1-2-9(6-31)13(3-8)33-36/h1-5,7H/p+1. The molecule has 1 N–H and O–H groups in total. The van der Waals surface area contributed by atoms with Crippen molar-refractivity contribution in [1.29, 1.82) is 5.26 Å². The van der Waals surface area contributed by atoms with Gasteiger partial charge in [-0.15, -0.1) is 9.59 Å². The van der Waals surface area contributed by atoms with E-state index in [0.717, 1.165) is 10.9 Å². The van der Waals surface area contributed by atoms with Gasteiger partial charge in [0.2, 0.25) is 5.69 Å². The van der Waals surface area contributed by atoms with Crippen LogP contribution in [0.4, 0.5) is 45.2 Å². The van der Waals surface area contributed by atoms with Gasteiger partial charge in [0.1, 0.15) is 11.8 Å². The van der Waals surface area contributed by atoms with E-state index in [1.807, 2.05) is 0 Å². The third kappa shape index (κ3) is 4.24. The largest absolute Gasteiger partial charge is 0.457 e. The molecule has 2 aromatic carbocycles. The lowest BCUT2D eigenvalue weighted by molar-refractivity contribution is -0.659. The van der Waals surface area contributed by atoms with E-state index in [0.29, 0.717) is 0 Å². The molecule has 0 saturated heterocycles. The number of benzene rings is 2. The number of rotatable bonds is 5. The predicted octanol–water partition coefficient (Wildman–Crippen LogP) is 6.85. The zero-order chi connectivity index (χ0) is 27.3. The Hall–Kier alpha value is -3.38. The van der Waals surface area contributed by atoms with Crippen LogP contribution < -0.4 is 4.68 Å². The summed E-state index contributed by atoms with van der Waals surface area (Å²) in [6.45, 7) is 0. The van der Waals surface area contributed by atoms with E-state index < -0.39 is 45.2 Å². The summed E-state index contributed by atoms with van der Waals surface area (Å²) in [5, 5.41) is 15.8. The lowest BCUT2D eigenvalue weighted by Crippen LogP contribution is -2.59. The van der Waals surface area contributed by atoms with Crippen molar-refractivity contribution in [3.63, 3.8) is 0 Å². The third-order valence-corrected chi connectivity index (χ3v) is 5.45. The normalized spacial score (nSPS) is 14.3. The quantitative estimate of drug-likeness (QED) is 0.209. The lowest BCUT2D eigenvalue weighted by Gasteiger charge is -2.36. The molecule has 0 saturated carbocycles. The molecule has 0 aliphatic heterocycles. The minimum atomic E-state index is -6.92. The summed E-state index contributed by atoms with van der Waals surface area (Å²) in [7, 11) is 0. The molecule has 17 heteroatoms. The molecule has 36 heavy (non-hydrogen) atoms. The number of halogens is 11. The van der Waals surface area contributed by atoms with E-state index in [-0.39, 0.29) is 34.6 Å². The van der Waals surface area contributed by atoms with E-state index in [1.54, 1.807) is 6.07 Å². The molecule has 0 aliphatic rings. The topological polar surface area (TPSA) is 85.8 Å². The van der Waals surface area contributed by atoms with Gasteiger partial charge < -0.3 is 0 Å². The number of hydrogen-bond donors (Lipinski definition) is 1. The summed E-state index contributed by atoms with van der Waals surface area (Å²) < 4.78 is 121. The average molecular weight is 563 g/mol. The molecule has 0 spiro atoms. The van der Waals surface area contributed by atoms with Crippen molar-refractivity contribution in [1.82, 2.24) is 10.3 Å². The van der Waals surface area contributed by atoms with Gasteiger partial charge in [0.25, 0.3) is 0 Å². The molecule has 1 heterocycles. The summed E-state index contributed by atoms with van der Waals surface area (Å²) in [5.41, 5.74) is -8.98. The van der Waals surface area contributed by atoms with Crippen LogP contribution in [0.15, 0.2) is 41.7 Å². The van der Waals surface area contributed by atoms with E-state index >= 15 is 0 Å². The highest BCUT2D eigenvalue weighted by Gasteiger charge is 2.81. The van der Waals surface area contributed by atoms with Crippen LogP contribution in [-0.2, 0) is 5.67 Å². The molecule has 0 radical (unpaired) electrons. The summed E-state index contributed by atoms with van der Waals surface area (Å²) in [5.74, 6) is -6.90. The maximum absolute atomic E-state index is 14.8. The molecular weight excluding hydrogens is 556 g/mol. The monoisotopic (exact) mass is 562 g/mol. The first kappa shape index (κ1) is 27.2. The fourth-order valence-corrected chi connectivity index (χ4v) is 3.78. The van der Waals surface area contributed by atoms with E-state index in [4.69, 9.17) is 28.5 Å². The van der Waals surface area contributed by atoms with Gasteiger partial charge in [0.15, 0.2) is 11.9 Å². The van der Waals surface area contributed by atoms with Gasteiger partial charge in [-0.1, -0.05) is 28.4 Å². The molecule has 0 fully saturated rings. The van der Waals surface area contributed by atoms with Crippen molar-refractivity contribution in [3.05, 3.63) is 62.6 Å². The van der Waals surface area contributed by atoms with E-state index in [9.17, 15) is 44.4 Å². The zero-order valence-corrected chi connectivity index (χ0v) is 18.3. The van der Waals surface area contributed by atoms with Crippen molar-refractivity contribution in [3.8, 4) is 23.0 Å². The molecule has 3 aromatic rings. The number of nitrogens with zero attached hydrogens (tertiary/aromatic N) is 4. The van der Waals surface area contributed by atoms with Crippen LogP contribution in [0.5, 0.6) is 0 Å². The number of aromatic amines is 1. The first-order chi connectivity index (χ1) is 16.5. The highest BCUT2D eigenvalue weighted by atomic mass is 35.5. The van der Waals surface area contributed by atoms with Gasteiger partial charge in [-0.05, 0) is 35.5 Å². The second-order valence-corrected chi connectivity index (χ2v) is 7.86. The Kier molecular flexibility index (Phi) is 6.75. The summed E-state index contributed by atoms with van der Waals surface area (Å²) in [6, 6.07) is 5.33. The number of nitrogens with one attached hydrogen (secondary N) is 1. The highest BCUT2D eigenvalue weighted by molar-refractivity contribution is 6.37. The van der Waals surface area contributed by atoms with Gasteiger partial charge in [0, 0.05) is 16.2 Å². The van der Waals surface area contributed by atoms with Gasteiger partial charge in [-0.3, -0.25) is 0 Å². The SMILES string of the molecule is N#Cc1ccc(-c2c[n+](-c3c(Cl)cc(C(F)(C(F)(F)F)C(F)(F)C(F)(F)F)cc3Cl)[nH]n2)cc1N=O. The van der Waals surface area contributed by atoms with Crippen LogP contribution in [0.2, 0.25) is 10.0 Å². The molecule has 190 valence electrons. The summed E-state index contributed by atoms with van der Waals surface area (Å²) in [4.78, 5) is 10.9. The van der Waals surface area contributed by atoms with Gasteiger partial charge in [0.05, 0.1) is 15.6 Å². The number of aromatic nitrogens is 3. The third-order valence-electron chi connectivity index (χ3n) is 4.88. The number of H-pyrrole nitrogens is 1. The van der Waals surface area contributed by atoms with Crippen LogP contribution in [0, 0.1) is 16.2 Å². The average Bonchev–Trinajstić information content (AvgIpc) is 3.25. The van der Waals surface area contributed by atoms with Gasteiger partial charge in [-0.2, -0.15) is 40.4 Å². The highest BCUT2D eigenvalue weighted by Crippen LogP contribution is 2.58. The van der Waals surface area contributed by atoms with E-state index in [2.05, 4.69) is 15.5 Å². The van der Waals surface area contributed by atoms with Crippen LogP contribution in [0.25, 0.3) is 16.9 Å². The molecule has 1 aromatic heterocycles. The number of alkyl halides is 9. The van der Waals surface area contributed by atoms with Crippen molar-refractivity contribution in [2.75, 3.05) is 0 Å². The smallest absolute Gasteiger partial charge is 0.221 e. The predicted molar refractivity (Wildman–Crippen MR) is 106 cm³/mol. The summed E-state index contributed by atoms with van der Waals surface area (Å²) in [6.07, 6.45) is -12.5. The fraction of sp³-hybridized carbons (Fsp3) is 0.211. The van der Waals surface area contributed by atoms with Crippen LogP contribution in [0.1, 0.15) is 11.1 Å². The van der Waals surface area contributed by atoms with E-state index in [1.165, 1.54) is 18.2 Å². The molecule has 0 amide bonds. The lowest BCUT2D eigenvalue weighted by atomic mass is 9.87.